The summed E-state index contributed by atoms with van der Waals surface area (Å²) in [5.74, 6) is 0.709. The predicted octanol–water partition coefficient (Wildman–Crippen LogP) is 3.26. The average molecular weight is 310 g/mol. The highest BCUT2D eigenvalue weighted by Crippen LogP contribution is 2.29. The zero-order chi connectivity index (χ0) is 16.2. The third-order valence-corrected chi connectivity index (χ3v) is 4.26. The number of nitrogens with zero attached hydrogens (tertiary/aromatic N) is 1. The van der Waals surface area contributed by atoms with Crippen molar-refractivity contribution in [3.8, 4) is 5.75 Å². The minimum Gasteiger partial charge on any atom is -0.496 e. The van der Waals surface area contributed by atoms with Gasteiger partial charge in [0.15, 0.2) is 0 Å². The Hall–Kier alpha value is -2.49. The highest BCUT2D eigenvalue weighted by Gasteiger charge is 2.15. The second-order valence-electron chi connectivity index (χ2n) is 5.91. The number of hydrogen-bond acceptors (Lipinski definition) is 3. The molecule has 0 aliphatic carbocycles. The molecule has 2 aromatic rings. The van der Waals surface area contributed by atoms with Crippen LogP contribution in [-0.4, -0.2) is 26.6 Å². The molecule has 1 heterocycles. The van der Waals surface area contributed by atoms with Gasteiger partial charge in [0, 0.05) is 30.5 Å². The number of nitrogens with one attached hydrogen (secondary N) is 1. The molecule has 1 aliphatic rings. The van der Waals surface area contributed by atoms with E-state index >= 15 is 0 Å². The largest absolute Gasteiger partial charge is 0.496 e. The molecular formula is C19H22N2O2. The van der Waals surface area contributed by atoms with Crippen molar-refractivity contribution in [1.82, 2.24) is 0 Å². The molecule has 0 radical (unpaired) electrons. The number of hydrogen-bond donors (Lipinski definition) is 1. The van der Waals surface area contributed by atoms with E-state index in [1.807, 2.05) is 30.3 Å². The predicted molar refractivity (Wildman–Crippen MR) is 93.4 cm³/mol. The molecule has 0 unspecified atom stereocenters. The fourth-order valence-electron chi connectivity index (χ4n) is 3.06. The minimum atomic E-state index is -0.0343. The lowest BCUT2D eigenvalue weighted by Gasteiger charge is -2.28. The summed E-state index contributed by atoms with van der Waals surface area (Å²) in [5.41, 5.74) is 4.30. The van der Waals surface area contributed by atoms with Crippen molar-refractivity contribution < 1.29 is 9.53 Å². The van der Waals surface area contributed by atoms with Crippen molar-refractivity contribution >= 4 is 17.3 Å². The Morgan fingerprint density at radius 3 is 2.91 bits per heavy atom. The first-order chi connectivity index (χ1) is 11.2. The molecular weight excluding hydrogens is 288 g/mol. The van der Waals surface area contributed by atoms with Crippen LogP contribution in [0.15, 0.2) is 42.5 Å². The first-order valence-corrected chi connectivity index (χ1v) is 7.93. The first-order valence-electron chi connectivity index (χ1n) is 7.93. The van der Waals surface area contributed by atoms with Gasteiger partial charge in [0.05, 0.1) is 13.5 Å². The topological polar surface area (TPSA) is 41.6 Å². The molecule has 1 amide bonds. The second-order valence-corrected chi connectivity index (χ2v) is 5.91. The summed E-state index contributed by atoms with van der Waals surface area (Å²) in [7, 11) is 3.72. The molecule has 4 heteroatoms. The molecule has 23 heavy (non-hydrogen) atoms. The molecule has 1 aliphatic heterocycles. The van der Waals surface area contributed by atoms with Crippen LogP contribution < -0.4 is 15.0 Å². The summed E-state index contributed by atoms with van der Waals surface area (Å²) in [5, 5.41) is 2.99. The van der Waals surface area contributed by atoms with Crippen molar-refractivity contribution in [3.05, 3.63) is 53.6 Å². The van der Waals surface area contributed by atoms with Crippen LogP contribution in [0.2, 0.25) is 0 Å². The van der Waals surface area contributed by atoms with Gasteiger partial charge in [-0.3, -0.25) is 4.79 Å². The van der Waals surface area contributed by atoms with E-state index in [-0.39, 0.29) is 5.91 Å². The van der Waals surface area contributed by atoms with E-state index in [2.05, 4.69) is 29.4 Å². The SMILES string of the molecule is COc1ccccc1CC(=O)Nc1ccc2c(c1)N(C)CCC2. The Labute approximate surface area is 137 Å². The van der Waals surface area contributed by atoms with Crippen molar-refractivity contribution in [3.63, 3.8) is 0 Å². The molecule has 0 fully saturated rings. The van der Waals surface area contributed by atoms with E-state index in [0.29, 0.717) is 6.42 Å². The molecule has 0 saturated carbocycles. The Bertz CT molecular complexity index is 712. The Balaban J connectivity index is 1.72. The van der Waals surface area contributed by atoms with Gasteiger partial charge < -0.3 is 15.0 Å². The Morgan fingerprint density at radius 2 is 2.09 bits per heavy atom. The summed E-state index contributed by atoms with van der Waals surface area (Å²) in [6.07, 6.45) is 2.59. The third kappa shape index (κ3) is 3.47. The lowest BCUT2D eigenvalue weighted by molar-refractivity contribution is -0.115. The van der Waals surface area contributed by atoms with Gasteiger partial charge in [0.2, 0.25) is 5.91 Å². The number of para-hydroxylation sites is 1. The number of carbonyl (C=O) groups is 1. The summed E-state index contributed by atoms with van der Waals surface area (Å²) < 4.78 is 5.30. The zero-order valence-corrected chi connectivity index (χ0v) is 13.6. The van der Waals surface area contributed by atoms with Gasteiger partial charge >= 0.3 is 0 Å². The molecule has 0 saturated heterocycles. The molecule has 120 valence electrons. The zero-order valence-electron chi connectivity index (χ0n) is 13.6. The number of ether oxygens (including phenoxy) is 1. The number of aryl methyl sites for hydroxylation is 1. The number of carbonyl (C=O) groups excluding carboxylic acids is 1. The molecule has 4 nitrogen and oxygen atoms in total. The van der Waals surface area contributed by atoms with E-state index in [1.165, 1.54) is 17.7 Å². The van der Waals surface area contributed by atoms with E-state index < -0.39 is 0 Å². The van der Waals surface area contributed by atoms with Gasteiger partial charge in [-0.05, 0) is 36.6 Å². The van der Waals surface area contributed by atoms with Crippen LogP contribution in [0, 0.1) is 0 Å². The van der Waals surface area contributed by atoms with E-state index in [1.54, 1.807) is 7.11 Å². The number of amides is 1. The molecule has 0 atom stereocenters. The third-order valence-electron chi connectivity index (χ3n) is 4.26. The van der Waals surface area contributed by atoms with Crippen molar-refractivity contribution in [2.75, 3.05) is 30.9 Å². The van der Waals surface area contributed by atoms with Crippen LogP contribution in [0.5, 0.6) is 5.75 Å². The first kappa shape index (κ1) is 15.4. The minimum absolute atomic E-state index is 0.0343. The van der Waals surface area contributed by atoms with Gasteiger partial charge in [0.1, 0.15) is 5.75 Å². The number of methoxy groups -OCH3 is 1. The van der Waals surface area contributed by atoms with Crippen molar-refractivity contribution in [2.24, 2.45) is 0 Å². The fraction of sp³-hybridized carbons (Fsp3) is 0.316. The van der Waals surface area contributed by atoms with Crippen LogP contribution in [-0.2, 0) is 17.6 Å². The number of anilines is 2. The summed E-state index contributed by atoms with van der Waals surface area (Å²) in [4.78, 5) is 14.6. The maximum atomic E-state index is 12.3. The van der Waals surface area contributed by atoms with Crippen molar-refractivity contribution in [2.45, 2.75) is 19.3 Å². The van der Waals surface area contributed by atoms with E-state index in [0.717, 1.165) is 30.0 Å². The molecule has 0 bridgehead atoms. The van der Waals surface area contributed by atoms with Crippen LogP contribution in [0.25, 0.3) is 0 Å². The van der Waals surface area contributed by atoms with Crippen molar-refractivity contribution in [1.29, 1.82) is 0 Å². The van der Waals surface area contributed by atoms with Gasteiger partial charge in [-0.15, -0.1) is 0 Å². The molecule has 0 spiro atoms. The quantitative estimate of drug-likeness (QED) is 0.942. The van der Waals surface area contributed by atoms with Crippen LogP contribution in [0.1, 0.15) is 17.5 Å². The van der Waals surface area contributed by atoms with Gasteiger partial charge in [0.25, 0.3) is 0 Å². The highest BCUT2D eigenvalue weighted by molar-refractivity contribution is 5.93. The highest BCUT2D eigenvalue weighted by atomic mass is 16.5. The average Bonchev–Trinajstić information content (AvgIpc) is 2.56. The number of rotatable bonds is 4. The van der Waals surface area contributed by atoms with Crippen LogP contribution in [0.3, 0.4) is 0 Å². The summed E-state index contributed by atoms with van der Waals surface area (Å²) in [6, 6.07) is 13.8. The lowest BCUT2D eigenvalue weighted by Crippen LogP contribution is -2.25. The molecule has 1 N–H and O–H groups in total. The van der Waals surface area contributed by atoms with Gasteiger partial charge in [-0.2, -0.15) is 0 Å². The van der Waals surface area contributed by atoms with Gasteiger partial charge in [-0.25, -0.2) is 0 Å². The molecule has 3 rings (SSSR count). The number of benzene rings is 2. The maximum Gasteiger partial charge on any atom is 0.228 e. The standard InChI is InChI=1S/C19H22N2O2/c1-21-11-5-7-14-9-10-16(13-17(14)21)20-19(22)12-15-6-3-4-8-18(15)23-2/h3-4,6,8-10,13H,5,7,11-12H2,1-2H3,(H,20,22). The lowest BCUT2D eigenvalue weighted by atomic mass is 10.0. The van der Waals surface area contributed by atoms with Crippen LogP contribution in [0.4, 0.5) is 11.4 Å². The summed E-state index contributed by atoms with van der Waals surface area (Å²) >= 11 is 0. The monoisotopic (exact) mass is 310 g/mol. The number of fused-ring (bicyclic) bond motifs is 1. The summed E-state index contributed by atoms with van der Waals surface area (Å²) in [6.45, 7) is 1.06. The molecule has 0 aromatic heterocycles. The molecule has 2 aromatic carbocycles. The Morgan fingerprint density at radius 1 is 1.26 bits per heavy atom. The van der Waals surface area contributed by atoms with Crippen LogP contribution >= 0.6 is 0 Å². The fourth-order valence-corrected chi connectivity index (χ4v) is 3.06. The Kier molecular flexibility index (Phi) is 4.51. The van der Waals surface area contributed by atoms with Gasteiger partial charge in [-0.1, -0.05) is 24.3 Å². The van der Waals surface area contributed by atoms with E-state index in [4.69, 9.17) is 4.74 Å². The van der Waals surface area contributed by atoms with E-state index in [9.17, 15) is 4.79 Å². The normalized spacial score (nSPS) is 13.4. The maximum absolute atomic E-state index is 12.3. The second kappa shape index (κ2) is 6.73. The smallest absolute Gasteiger partial charge is 0.228 e.